The number of carboxylic acid groups (broad SMARTS) is 4. The molecule has 9 heteroatoms. The average molecular weight is 283 g/mol. The number of rotatable bonds is 0. The number of hydrogen-bond acceptors (Lipinski definition) is 4. The fourth-order valence-electron chi connectivity index (χ4n) is 0. The van der Waals surface area contributed by atoms with E-state index >= 15 is 0 Å². The van der Waals surface area contributed by atoms with Gasteiger partial charge in [0.05, 0.1) is 0 Å². The van der Waals surface area contributed by atoms with Gasteiger partial charge >= 0.3 is 23.9 Å². The fourth-order valence-corrected chi connectivity index (χ4v) is 0. The van der Waals surface area contributed by atoms with Crippen molar-refractivity contribution in [3.05, 3.63) is 0 Å². The molecule has 0 saturated heterocycles. The molecule has 0 saturated carbocycles. The van der Waals surface area contributed by atoms with Gasteiger partial charge in [0.1, 0.15) is 0 Å². The zero-order valence-electron chi connectivity index (χ0n) is 5.76. The molecule has 0 aliphatic rings. The van der Waals surface area contributed by atoms with E-state index in [4.69, 9.17) is 39.6 Å². The molecule has 1 radical (unpaired) electrons. The molecule has 0 aliphatic heterocycles. The van der Waals surface area contributed by atoms with E-state index in [-0.39, 0.29) is 19.5 Å². The van der Waals surface area contributed by atoms with Gasteiger partial charge in [0.2, 0.25) is 0 Å². The van der Waals surface area contributed by atoms with Crippen LogP contribution in [0.15, 0.2) is 0 Å². The van der Waals surface area contributed by atoms with E-state index in [2.05, 4.69) is 0 Å². The normalized spacial score (nSPS) is 6.77. The van der Waals surface area contributed by atoms with Gasteiger partial charge in [0.15, 0.2) is 0 Å². The van der Waals surface area contributed by atoms with Crippen LogP contribution in [0.4, 0.5) is 0 Å². The third kappa shape index (κ3) is 18.0. The average Bonchev–Trinajstić information content (AvgIpc) is 1.88. The molecule has 0 aromatic carbocycles. The Morgan fingerprint density at radius 3 is 0.615 bits per heavy atom. The van der Waals surface area contributed by atoms with E-state index in [0.29, 0.717) is 0 Å². The molecule has 0 bridgehead atoms. The quantitative estimate of drug-likeness (QED) is 0.304. The molecular formula is C4H4O8Rh. The van der Waals surface area contributed by atoms with E-state index in [9.17, 15) is 0 Å². The summed E-state index contributed by atoms with van der Waals surface area (Å²) in [7, 11) is 0. The largest absolute Gasteiger partial charge is 0.473 e. The molecule has 0 heterocycles. The Kier molecular flexibility index (Phi) is 11.6. The molecule has 0 aliphatic carbocycles. The van der Waals surface area contributed by atoms with Crippen molar-refractivity contribution in [1.82, 2.24) is 0 Å². The number of hydrogen-bond donors (Lipinski definition) is 4. The van der Waals surface area contributed by atoms with Gasteiger partial charge in [0, 0.05) is 19.5 Å². The fraction of sp³-hybridized carbons (Fsp3) is 0. The van der Waals surface area contributed by atoms with Gasteiger partial charge in [-0.1, -0.05) is 0 Å². The molecule has 4 N–H and O–H groups in total. The number of carbonyl (C=O) groups is 4. The van der Waals surface area contributed by atoms with Crippen molar-refractivity contribution >= 4 is 23.9 Å². The van der Waals surface area contributed by atoms with Crippen molar-refractivity contribution in [1.29, 1.82) is 0 Å². The second-order valence-electron chi connectivity index (χ2n) is 1.22. The summed E-state index contributed by atoms with van der Waals surface area (Å²) in [6.45, 7) is 0. The van der Waals surface area contributed by atoms with Gasteiger partial charge in [0.25, 0.3) is 0 Å². The number of aliphatic carboxylic acids is 4. The maximum atomic E-state index is 9.10. The third-order valence-electron chi connectivity index (χ3n) is 0.366. The molecule has 0 amide bonds. The van der Waals surface area contributed by atoms with E-state index < -0.39 is 23.9 Å². The summed E-state index contributed by atoms with van der Waals surface area (Å²) in [5, 5.41) is 29.6. The van der Waals surface area contributed by atoms with Gasteiger partial charge in [-0.05, 0) is 0 Å². The van der Waals surface area contributed by atoms with Crippen LogP contribution in [0.5, 0.6) is 0 Å². The molecule has 77 valence electrons. The minimum atomic E-state index is -1.82. The molecule has 0 fully saturated rings. The van der Waals surface area contributed by atoms with Crippen molar-refractivity contribution in [3.63, 3.8) is 0 Å². The Morgan fingerprint density at radius 2 is 0.615 bits per heavy atom. The Labute approximate surface area is 83.5 Å². The predicted octanol–water partition coefficient (Wildman–Crippen LogP) is -1.69. The maximum Gasteiger partial charge on any atom is 0.414 e. The van der Waals surface area contributed by atoms with Gasteiger partial charge in [-0.2, -0.15) is 0 Å². The second kappa shape index (κ2) is 8.60. The van der Waals surface area contributed by atoms with E-state index in [1.807, 2.05) is 0 Å². The van der Waals surface area contributed by atoms with Crippen LogP contribution in [0.3, 0.4) is 0 Å². The summed E-state index contributed by atoms with van der Waals surface area (Å²) in [6, 6.07) is 0. The van der Waals surface area contributed by atoms with E-state index in [0.717, 1.165) is 0 Å². The maximum absolute atomic E-state index is 9.10. The molecule has 0 aromatic heterocycles. The van der Waals surface area contributed by atoms with Crippen molar-refractivity contribution in [2.75, 3.05) is 0 Å². The molecule has 0 spiro atoms. The summed E-state index contributed by atoms with van der Waals surface area (Å²) in [5.74, 6) is -7.30. The van der Waals surface area contributed by atoms with E-state index in [1.165, 1.54) is 0 Å². The van der Waals surface area contributed by atoms with Crippen LogP contribution in [0.1, 0.15) is 0 Å². The van der Waals surface area contributed by atoms with E-state index in [1.54, 1.807) is 0 Å². The second-order valence-corrected chi connectivity index (χ2v) is 1.22. The minimum absolute atomic E-state index is 0. The molecule has 0 rings (SSSR count). The summed E-state index contributed by atoms with van der Waals surface area (Å²) in [4.78, 5) is 36.4. The first-order valence-electron chi connectivity index (χ1n) is 2.21. The third-order valence-corrected chi connectivity index (χ3v) is 0.366. The summed E-state index contributed by atoms with van der Waals surface area (Å²) in [5.41, 5.74) is 0. The summed E-state index contributed by atoms with van der Waals surface area (Å²) in [6.07, 6.45) is 0. The topological polar surface area (TPSA) is 149 Å². The summed E-state index contributed by atoms with van der Waals surface area (Å²) < 4.78 is 0. The molecule has 13 heavy (non-hydrogen) atoms. The van der Waals surface area contributed by atoms with Crippen LogP contribution in [-0.2, 0) is 38.7 Å². The number of carboxylic acids is 4. The molecule has 0 aromatic rings. The molecule has 0 unspecified atom stereocenters. The predicted molar refractivity (Wildman–Crippen MR) is 30.5 cm³/mol. The first-order chi connectivity index (χ1) is 5.29. The van der Waals surface area contributed by atoms with Crippen LogP contribution < -0.4 is 0 Å². The minimum Gasteiger partial charge on any atom is -0.473 e. The van der Waals surface area contributed by atoms with Crippen molar-refractivity contribution in [2.24, 2.45) is 0 Å². The standard InChI is InChI=1S/2C2H2O4.Rh/c2*3-1(4)2(5)6;/h2*(H,3,4)(H,5,6);. The van der Waals surface area contributed by atoms with Gasteiger partial charge in [-0.3, -0.25) is 0 Å². The van der Waals surface area contributed by atoms with Crippen molar-refractivity contribution in [2.45, 2.75) is 0 Å². The molecule has 0 atom stereocenters. The van der Waals surface area contributed by atoms with Gasteiger partial charge in [-0.15, -0.1) is 0 Å². The van der Waals surface area contributed by atoms with Crippen LogP contribution in [-0.4, -0.2) is 44.3 Å². The van der Waals surface area contributed by atoms with Crippen molar-refractivity contribution < 1.29 is 59.1 Å². The first-order valence-corrected chi connectivity index (χ1v) is 2.21. The van der Waals surface area contributed by atoms with Gasteiger partial charge < -0.3 is 20.4 Å². The zero-order chi connectivity index (χ0) is 10.3. The van der Waals surface area contributed by atoms with Gasteiger partial charge in [-0.25, -0.2) is 19.2 Å². The zero-order valence-corrected chi connectivity index (χ0v) is 7.39. The van der Waals surface area contributed by atoms with Crippen LogP contribution >= 0.6 is 0 Å². The SMILES string of the molecule is O=C(O)C(=O)O.O=C(O)C(=O)O.[Rh]. The Hall–Kier alpha value is -1.50. The smallest absolute Gasteiger partial charge is 0.414 e. The Balaban J connectivity index is -0.000000143. The molecule has 8 nitrogen and oxygen atoms in total. The molecular weight excluding hydrogens is 279 g/mol. The monoisotopic (exact) mass is 283 g/mol. The summed E-state index contributed by atoms with van der Waals surface area (Å²) >= 11 is 0. The van der Waals surface area contributed by atoms with Crippen LogP contribution in [0, 0.1) is 0 Å². The van der Waals surface area contributed by atoms with Crippen molar-refractivity contribution in [3.8, 4) is 0 Å². The Bertz CT molecular complexity index is 172. The first kappa shape index (κ1) is 17.6. The van der Waals surface area contributed by atoms with Crippen LogP contribution in [0.25, 0.3) is 0 Å². The Morgan fingerprint density at radius 1 is 0.538 bits per heavy atom. The van der Waals surface area contributed by atoms with Crippen LogP contribution in [0.2, 0.25) is 0 Å².